The Morgan fingerprint density at radius 1 is 1.19 bits per heavy atom. The van der Waals surface area contributed by atoms with Crippen molar-refractivity contribution in [3.8, 4) is 0 Å². The van der Waals surface area contributed by atoms with E-state index in [0.29, 0.717) is 12.4 Å². The summed E-state index contributed by atoms with van der Waals surface area (Å²) in [6.45, 7) is 4.43. The SMILES string of the molecule is Cc1ccccc1Cn1ccc(NC(=O)[C@@H]2C[C@H](c3cn(C)nc3C)NS(=O)(=O)N2C)n1. The van der Waals surface area contributed by atoms with Gasteiger partial charge < -0.3 is 5.32 Å². The van der Waals surface area contributed by atoms with Crippen LogP contribution in [0.1, 0.15) is 34.8 Å². The van der Waals surface area contributed by atoms with Crippen LogP contribution in [0.25, 0.3) is 0 Å². The van der Waals surface area contributed by atoms with Crippen molar-refractivity contribution in [3.05, 3.63) is 65.1 Å². The molecule has 32 heavy (non-hydrogen) atoms. The van der Waals surface area contributed by atoms with E-state index >= 15 is 0 Å². The fourth-order valence-corrected chi connectivity index (χ4v) is 5.23. The molecule has 4 rings (SSSR count). The van der Waals surface area contributed by atoms with Gasteiger partial charge >= 0.3 is 0 Å². The van der Waals surface area contributed by atoms with Gasteiger partial charge in [-0.1, -0.05) is 24.3 Å². The molecule has 0 saturated carbocycles. The number of hydrogen-bond acceptors (Lipinski definition) is 5. The minimum atomic E-state index is -3.83. The van der Waals surface area contributed by atoms with E-state index < -0.39 is 28.2 Å². The van der Waals surface area contributed by atoms with E-state index in [1.165, 1.54) is 7.05 Å². The highest BCUT2D eigenvalue weighted by atomic mass is 32.2. The smallest absolute Gasteiger partial charge is 0.280 e. The zero-order valence-electron chi connectivity index (χ0n) is 18.5. The Labute approximate surface area is 187 Å². The third-order valence-corrected chi connectivity index (χ3v) is 7.38. The zero-order chi connectivity index (χ0) is 23.0. The molecule has 0 unspecified atom stereocenters. The molecule has 3 heterocycles. The van der Waals surface area contributed by atoms with Gasteiger partial charge in [0.25, 0.3) is 10.2 Å². The second-order valence-corrected chi connectivity index (χ2v) is 9.86. The molecule has 3 aromatic rings. The van der Waals surface area contributed by atoms with Gasteiger partial charge in [0, 0.05) is 38.1 Å². The molecule has 1 aliphatic heterocycles. The number of rotatable bonds is 5. The van der Waals surface area contributed by atoms with Crippen LogP contribution in [0, 0.1) is 13.8 Å². The quantitative estimate of drug-likeness (QED) is 0.603. The third-order valence-electron chi connectivity index (χ3n) is 5.78. The van der Waals surface area contributed by atoms with Crippen molar-refractivity contribution in [1.29, 1.82) is 0 Å². The lowest BCUT2D eigenvalue weighted by atomic mass is 10.00. The summed E-state index contributed by atoms with van der Waals surface area (Å²) in [5, 5.41) is 11.5. The van der Waals surface area contributed by atoms with E-state index in [0.717, 1.165) is 26.7 Å². The predicted molar refractivity (Wildman–Crippen MR) is 120 cm³/mol. The number of likely N-dealkylation sites (N-methyl/N-ethyl adjacent to an activating group) is 1. The molecule has 2 N–H and O–H groups in total. The Kier molecular flexibility index (Phi) is 5.89. The Morgan fingerprint density at radius 2 is 1.94 bits per heavy atom. The molecule has 1 amide bonds. The second-order valence-electron chi connectivity index (χ2n) is 8.10. The van der Waals surface area contributed by atoms with Gasteiger partial charge in [-0.3, -0.25) is 14.2 Å². The molecular weight excluding hydrogens is 430 g/mol. The number of nitrogens with zero attached hydrogens (tertiary/aromatic N) is 5. The first-order valence-electron chi connectivity index (χ1n) is 10.3. The van der Waals surface area contributed by atoms with E-state index in [-0.39, 0.29) is 6.42 Å². The van der Waals surface area contributed by atoms with E-state index in [1.807, 2.05) is 38.1 Å². The fraction of sp³-hybridized carbons (Fsp3) is 0.381. The molecule has 1 saturated heterocycles. The average molecular weight is 458 g/mol. The highest BCUT2D eigenvalue weighted by molar-refractivity contribution is 7.87. The maximum atomic E-state index is 13.0. The van der Waals surface area contributed by atoms with Crippen LogP contribution in [0.4, 0.5) is 5.82 Å². The minimum Gasteiger partial charge on any atom is -0.308 e. The van der Waals surface area contributed by atoms with Crippen molar-refractivity contribution < 1.29 is 13.2 Å². The van der Waals surface area contributed by atoms with Crippen LogP contribution in [0.2, 0.25) is 0 Å². The number of anilines is 1. The summed E-state index contributed by atoms with van der Waals surface area (Å²) in [5.41, 5.74) is 3.77. The van der Waals surface area contributed by atoms with Gasteiger partial charge in [-0.25, -0.2) is 0 Å². The van der Waals surface area contributed by atoms with Gasteiger partial charge in [-0.2, -0.15) is 27.6 Å². The van der Waals surface area contributed by atoms with E-state index in [9.17, 15) is 13.2 Å². The number of hydrogen-bond donors (Lipinski definition) is 2. The number of benzene rings is 1. The first-order chi connectivity index (χ1) is 15.1. The van der Waals surface area contributed by atoms with Crippen molar-refractivity contribution in [3.63, 3.8) is 0 Å². The molecule has 2 atom stereocenters. The summed E-state index contributed by atoms with van der Waals surface area (Å²) in [4.78, 5) is 13.0. The lowest BCUT2D eigenvalue weighted by molar-refractivity contribution is -0.120. The van der Waals surface area contributed by atoms with Crippen LogP contribution in [-0.4, -0.2) is 51.3 Å². The van der Waals surface area contributed by atoms with Gasteiger partial charge in [-0.05, 0) is 31.4 Å². The maximum Gasteiger partial charge on any atom is 0.280 e. The normalized spacial score (nSPS) is 20.9. The molecule has 170 valence electrons. The van der Waals surface area contributed by atoms with Crippen molar-refractivity contribution >= 4 is 21.9 Å². The predicted octanol–water partition coefficient (Wildman–Crippen LogP) is 1.50. The number of aromatic nitrogens is 4. The maximum absolute atomic E-state index is 13.0. The molecule has 0 bridgehead atoms. The molecule has 10 nitrogen and oxygen atoms in total. The van der Waals surface area contributed by atoms with E-state index in [2.05, 4.69) is 20.2 Å². The van der Waals surface area contributed by atoms with Gasteiger partial charge in [0.05, 0.1) is 18.3 Å². The summed E-state index contributed by atoms with van der Waals surface area (Å²) >= 11 is 0. The lowest BCUT2D eigenvalue weighted by Gasteiger charge is -2.35. The van der Waals surface area contributed by atoms with Crippen molar-refractivity contribution in [2.75, 3.05) is 12.4 Å². The average Bonchev–Trinajstić information content (AvgIpc) is 3.30. The molecule has 0 aliphatic carbocycles. The summed E-state index contributed by atoms with van der Waals surface area (Å²) < 4.78 is 32.4. The Morgan fingerprint density at radius 3 is 2.62 bits per heavy atom. The molecule has 1 aromatic carbocycles. The van der Waals surface area contributed by atoms with Crippen molar-refractivity contribution in [1.82, 2.24) is 28.6 Å². The van der Waals surface area contributed by atoms with Crippen LogP contribution in [0.15, 0.2) is 42.7 Å². The van der Waals surface area contributed by atoms with E-state index in [1.54, 1.807) is 34.9 Å². The third kappa shape index (κ3) is 4.45. The Hall–Kier alpha value is -3.02. The summed E-state index contributed by atoms with van der Waals surface area (Å²) in [6, 6.07) is 8.31. The number of carbonyl (C=O) groups excluding carboxylic acids is 1. The molecular formula is C21H27N7O3S. The summed E-state index contributed by atoms with van der Waals surface area (Å²) in [7, 11) is -0.659. The van der Waals surface area contributed by atoms with Crippen LogP contribution in [-0.2, 0) is 28.6 Å². The molecule has 1 aliphatic rings. The molecule has 11 heteroatoms. The highest BCUT2D eigenvalue weighted by Gasteiger charge is 2.41. The minimum absolute atomic E-state index is 0.276. The van der Waals surface area contributed by atoms with Crippen LogP contribution >= 0.6 is 0 Å². The fourth-order valence-electron chi connectivity index (χ4n) is 3.96. The summed E-state index contributed by atoms with van der Waals surface area (Å²) in [5.74, 6) is -0.0488. The summed E-state index contributed by atoms with van der Waals surface area (Å²) in [6.07, 6.45) is 3.83. The van der Waals surface area contributed by atoms with Crippen LogP contribution in [0.3, 0.4) is 0 Å². The highest BCUT2D eigenvalue weighted by Crippen LogP contribution is 2.29. The van der Waals surface area contributed by atoms with Crippen molar-refractivity contribution in [2.45, 2.75) is 38.9 Å². The first-order valence-corrected chi connectivity index (χ1v) is 11.7. The molecule has 1 fully saturated rings. The van der Waals surface area contributed by atoms with Gasteiger partial charge in [0.1, 0.15) is 6.04 Å². The van der Waals surface area contributed by atoms with Crippen molar-refractivity contribution in [2.24, 2.45) is 7.05 Å². The van der Waals surface area contributed by atoms with Gasteiger partial charge in [-0.15, -0.1) is 0 Å². The number of aryl methyl sites for hydroxylation is 3. The van der Waals surface area contributed by atoms with Crippen LogP contribution in [0.5, 0.6) is 0 Å². The largest absolute Gasteiger partial charge is 0.308 e. The standard InChI is InChI=1S/C21H27N7O3S/c1-14-7-5-6-8-16(14)12-28-10-9-20(24-28)22-21(29)19-11-18(25-32(30,31)27(19)4)17-13-26(3)23-15(17)2/h5-10,13,18-19,25H,11-12H2,1-4H3,(H,22,24,29)/t18-,19+/m1/s1. The molecule has 0 spiro atoms. The number of amides is 1. The molecule has 2 aromatic heterocycles. The van der Waals surface area contributed by atoms with E-state index in [4.69, 9.17) is 0 Å². The second kappa shape index (κ2) is 8.49. The van der Waals surface area contributed by atoms with Gasteiger partial charge in [0.15, 0.2) is 5.82 Å². The topological polar surface area (TPSA) is 114 Å². The number of nitrogens with one attached hydrogen (secondary N) is 2. The molecule has 0 radical (unpaired) electrons. The first kappa shape index (κ1) is 22.2. The van der Waals surface area contributed by atoms with Gasteiger partial charge in [0.2, 0.25) is 5.91 Å². The number of carbonyl (C=O) groups is 1. The lowest BCUT2D eigenvalue weighted by Crippen LogP contribution is -2.56. The monoisotopic (exact) mass is 457 g/mol. The Balaban J connectivity index is 1.50. The Bertz CT molecular complexity index is 1250. The van der Waals surface area contributed by atoms with Crippen LogP contribution < -0.4 is 10.0 Å². The zero-order valence-corrected chi connectivity index (χ0v) is 19.3.